The van der Waals surface area contributed by atoms with Gasteiger partial charge in [-0.2, -0.15) is 0 Å². The molecule has 0 radical (unpaired) electrons. The average Bonchev–Trinajstić information content (AvgIpc) is 3.44. The number of pyridine rings is 1. The summed E-state index contributed by atoms with van der Waals surface area (Å²) < 4.78 is 13.5. The van der Waals surface area contributed by atoms with Crippen molar-refractivity contribution in [2.75, 3.05) is 30.3 Å². The van der Waals surface area contributed by atoms with Crippen molar-refractivity contribution in [3.05, 3.63) is 29.3 Å². The highest BCUT2D eigenvalue weighted by atomic mass is 35.5. The molecule has 0 aliphatic carbocycles. The Bertz CT molecular complexity index is 1350. The summed E-state index contributed by atoms with van der Waals surface area (Å²) >= 11 is 7.84. The number of aryl methyl sites for hydroxylation is 1. The fourth-order valence-corrected chi connectivity index (χ4v) is 6.41. The van der Waals surface area contributed by atoms with Crippen LogP contribution in [0.4, 0.5) is 16.6 Å². The van der Waals surface area contributed by atoms with Crippen molar-refractivity contribution in [1.82, 2.24) is 29.9 Å². The summed E-state index contributed by atoms with van der Waals surface area (Å²) in [7, 11) is 0. The maximum atomic E-state index is 12.6. The molecule has 2 fully saturated rings. The molecule has 2 aliphatic heterocycles. The van der Waals surface area contributed by atoms with E-state index in [1.54, 1.807) is 12.5 Å². The number of ether oxygens (including phenoxy) is 2. The average molecular weight is 561 g/mol. The number of alkyl carbamates (subject to hydrolysis) is 1. The zero-order valence-electron chi connectivity index (χ0n) is 22.2. The van der Waals surface area contributed by atoms with E-state index in [-0.39, 0.29) is 23.4 Å². The lowest BCUT2D eigenvalue weighted by Gasteiger charge is -2.43. The van der Waals surface area contributed by atoms with Crippen LogP contribution < -0.4 is 16.0 Å². The molecule has 2 atom stereocenters. The summed E-state index contributed by atoms with van der Waals surface area (Å²) in [5.74, 6) is 1.06. The number of nitrogens with one attached hydrogen (secondary N) is 1. The van der Waals surface area contributed by atoms with Crippen LogP contribution in [0.15, 0.2) is 28.4 Å². The Balaban J connectivity index is 1.36. The molecule has 1 amide bonds. The van der Waals surface area contributed by atoms with E-state index in [1.165, 1.54) is 11.8 Å². The van der Waals surface area contributed by atoms with Crippen LogP contribution in [-0.4, -0.2) is 68.1 Å². The van der Waals surface area contributed by atoms with Gasteiger partial charge in [-0.3, -0.25) is 0 Å². The number of aromatic nitrogens is 5. The number of piperidine rings is 1. The quantitative estimate of drug-likeness (QED) is 0.480. The van der Waals surface area contributed by atoms with Crippen LogP contribution in [0.3, 0.4) is 0 Å². The molecule has 2 saturated heterocycles. The molecule has 3 aromatic rings. The van der Waals surface area contributed by atoms with Gasteiger partial charge in [0.1, 0.15) is 17.7 Å². The largest absolute Gasteiger partial charge is 0.444 e. The highest BCUT2D eigenvalue weighted by molar-refractivity contribution is 7.99. The van der Waals surface area contributed by atoms with Gasteiger partial charge in [-0.05, 0) is 53.5 Å². The van der Waals surface area contributed by atoms with E-state index in [4.69, 9.17) is 31.8 Å². The number of fused-ring (bicyclic) bond motifs is 1. The minimum Gasteiger partial charge on any atom is -0.444 e. The third-order valence-electron chi connectivity index (χ3n) is 7.13. The topological polar surface area (TPSA) is 133 Å². The molecule has 38 heavy (non-hydrogen) atoms. The van der Waals surface area contributed by atoms with Gasteiger partial charge in [0.2, 0.25) is 5.95 Å². The predicted octanol–water partition coefficient (Wildman–Crippen LogP) is 4.11. The number of rotatable bonds is 4. The first-order valence-corrected chi connectivity index (χ1v) is 13.8. The summed E-state index contributed by atoms with van der Waals surface area (Å²) in [6.07, 6.45) is 4.49. The second-order valence-electron chi connectivity index (χ2n) is 11.0. The molecular formula is C25H33ClN8O3S. The molecule has 1 spiro atoms. The van der Waals surface area contributed by atoms with Crippen LogP contribution in [-0.2, 0) is 9.47 Å². The maximum absolute atomic E-state index is 12.6. The van der Waals surface area contributed by atoms with E-state index in [9.17, 15) is 4.79 Å². The number of nitrogens with zero attached hydrogens (tertiary/aromatic N) is 6. The predicted molar refractivity (Wildman–Crippen MR) is 146 cm³/mol. The lowest BCUT2D eigenvalue weighted by Crippen LogP contribution is -2.55. The minimum atomic E-state index is -0.559. The minimum absolute atomic E-state index is 0.0932. The van der Waals surface area contributed by atoms with Crippen molar-refractivity contribution in [2.45, 2.75) is 75.0 Å². The Morgan fingerprint density at radius 3 is 2.79 bits per heavy atom. The van der Waals surface area contributed by atoms with Crippen molar-refractivity contribution < 1.29 is 14.3 Å². The van der Waals surface area contributed by atoms with Crippen molar-refractivity contribution in [1.29, 1.82) is 0 Å². The van der Waals surface area contributed by atoms with Gasteiger partial charge in [0.05, 0.1) is 34.4 Å². The fraction of sp³-hybridized carbons (Fsp3) is 0.560. The van der Waals surface area contributed by atoms with Crippen LogP contribution in [0.1, 0.15) is 46.2 Å². The Labute approximate surface area is 230 Å². The number of anilines is 2. The van der Waals surface area contributed by atoms with Crippen molar-refractivity contribution in [2.24, 2.45) is 5.41 Å². The number of carbonyl (C=O) groups is 1. The fourth-order valence-electron chi connectivity index (χ4n) is 5.22. The number of hydrogen-bond donors (Lipinski definition) is 2. The van der Waals surface area contributed by atoms with E-state index in [2.05, 4.69) is 25.4 Å². The highest BCUT2D eigenvalue weighted by Crippen LogP contribution is 2.44. The molecule has 11 nitrogen and oxygen atoms in total. The van der Waals surface area contributed by atoms with E-state index in [0.29, 0.717) is 17.3 Å². The first-order valence-electron chi connectivity index (χ1n) is 12.6. The number of halogens is 1. The molecule has 0 bridgehead atoms. The summed E-state index contributed by atoms with van der Waals surface area (Å²) in [6.45, 7) is 11.7. The van der Waals surface area contributed by atoms with Crippen molar-refractivity contribution >= 4 is 46.9 Å². The van der Waals surface area contributed by atoms with Crippen LogP contribution in [0.2, 0.25) is 5.02 Å². The number of nitrogens with two attached hydrogens (primary N) is 1. The van der Waals surface area contributed by atoms with Gasteiger partial charge < -0.3 is 25.4 Å². The van der Waals surface area contributed by atoms with Crippen LogP contribution >= 0.6 is 23.4 Å². The highest BCUT2D eigenvalue weighted by Gasteiger charge is 2.50. The van der Waals surface area contributed by atoms with E-state index >= 15 is 0 Å². The molecule has 3 aromatic heterocycles. The Morgan fingerprint density at radius 2 is 2.08 bits per heavy atom. The molecule has 204 valence electrons. The number of carbonyl (C=O) groups excluding carboxylic acids is 1. The molecule has 13 heteroatoms. The van der Waals surface area contributed by atoms with Crippen molar-refractivity contribution in [3.63, 3.8) is 0 Å². The molecule has 2 unspecified atom stereocenters. The summed E-state index contributed by atoms with van der Waals surface area (Å²) in [5, 5.41) is 12.1. The van der Waals surface area contributed by atoms with Gasteiger partial charge in [-0.15, -0.1) is 10.2 Å². The monoisotopic (exact) mass is 560 g/mol. The number of nitrogen functional groups attached to an aromatic ring is 1. The summed E-state index contributed by atoms with van der Waals surface area (Å²) in [6, 6.07) is 1.69. The Morgan fingerprint density at radius 1 is 1.34 bits per heavy atom. The van der Waals surface area contributed by atoms with Crippen LogP contribution in [0, 0.1) is 12.3 Å². The van der Waals surface area contributed by atoms with Crippen LogP contribution in [0.25, 0.3) is 5.65 Å². The smallest absolute Gasteiger partial charge is 0.407 e. The summed E-state index contributed by atoms with van der Waals surface area (Å²) in [4.78, 5) is 25.5. The van der Waals surface area contributed by atoms with Gasteiger partial charge >= 0.3 is 6.09 Å². The Hall–Kier alpha value is -2.83. The van der Waals surface area contributed by atoms with Crippen LogP contribution in [0.5, 0.6) is 0 Å². The molecule has 2 aliphatic rings. The second kappa shape index (κ2) is 10.0. The third-order valence-corrected chi connectivity index (χ3v) is 8.88. The molecule has 5 rings (SSSR count). The third kappa shape index (κ3) is 5.08. The normalized spacial score (nSPS) is 21.3. The standard InChI is InChI=1S/C25H33ClN8O3S/c1-14-18(38-16-6-9-28-20(27)17(16)26)21-32-29-13-34(21)22(30-14)33-10-7-25(8-11-33)12-36-15(2)19(25)31-23(35)37-24(3,4)5/h6,9,13,15,19H,7-8,10-12H2,1-5H3,(H2,27,28)(H,31,35). The molecule has 0 saturated carbocycles. The van der Waals surface area contributed by atoms with Gasteiger partial charge in [0.25, 0.3) is 0 Å². The van der Waals surface area contributed by atoms with E-state index in [1.807, 2.05) is 45.1 Å². The molecule has 5 heterocycles. The van der Waals surface area contributed by atoms with Crippen molar-refractivity contribution in [3.8, 4) is 0 Å². The SMILES string of the molecule is Cc1nc(N2CCC3(CC2)COC(C)C3NC(=O)OC(C)(C)C)n2cnnc2c1Sc1ccnc(N)c1Cl. The second-order valence-corrected chi connectivity index (χ2v) is 12.4. The molecular weight excluding hydrogens is 528 g/mol. The van der Waals surface area contributed by atoms with E-state index in [0.717, 1.165) is 47.4 Å². The van der Waals surface area contributed by atoms with E-state index < -0.39 is 11.7 Å². The number of hydrogen-bond acceptors (Lipinski definition) is 10. The maximum Gasteiger partial charge on any atom is 0.407 e. The first-order chi connectivity index (χ1) is 18.0. The zero-order chi connectivity index (χ0) is 27.2. The molecule has 0 aromatic carbocycles. The van der Waals surface area contributed by atoms with Gasteiger partial charge in [0, 0.05) is 29.6 Å². The zero-order valence-corrected chi connectivity index (χ0v) is 23.8. The number of amides is 1. The molecule has 3 N–H and O–H groups in total. The lowest BCUT2D eigenvalue weighted by molar-refractivity contribution is 0.0434. The van der Waals surface area contributed by atoms with Gasteiger partial charge in [0.15, 0.2) is 5.65 Å². The first kappa shape index (κ1) is 26.8. The summed E-state index contributed by atoms with van der Waals surface area (Å²) in [5.41, 5.74) is 6.69. The lowest BCUT2D eigenvalue weighted by atomic mass is 9.73. The van der Waals surface area contributed by atoms with Gasteiger partial charge in [-0.1, -0.05) is 23.4 Å². The van der Waals surface area contributed by atoms with Gasteiger partial charge in [-0.25, -0.2) is 19.2 Å². The Kier molecular flexibility index (Phi) is 7.08.